The SMILES string of the molecule is CCCCCCCC/C=C\CCCCCCCCC1=NCCN1CCCC. The Kier molecular flexibility index (Phi) is 16.7. The molecule has 2 nitrogen and oxygen atoms in total. The van der Waals surface area contributed by atoms with Crippen molar-refractivity contribution < 1.29 is 0 Å². The van der Waals surface area contributed by atoms with Crippen LogP contribution in [0.3, 0.4) is 0 Å². The van der Waals surface area contributed by atoms with Crippen molar-refractivity contribution in [2.75, 3.05) is 19.6 Å². The Hall–Kier alpha value is -0.790. The van der Waals surface area contributed by atoms with Gasteiger partial charge in [0.2, 0.25) is 0 Å². The average molecular weight is 377 g/mol. The predicted molar refractivity (Wildman–Crippen MR) is 123 cm³/mol. The van der Waals surface area contributed by atoms with Gasteiger partial charge in [-0.2, -0.15) is 0 Å². The highest BCUT2D eigenvalue weighted by Gasteiger charge is 2.14. The maximum absolute atomic E-state index is 4.71. The summed E-state index contributed by atoms with van der Waals surface area (Å²) in [6.07, 6.45) is 28.0. The van der Waals surface area contributed by atoms with Crippen molar-refractivity contribution in [1.29, 1.82) is 0 Å². The van der Waals surface area contributed by atoms with Gasteiger partial charge in [0, 0.05) is 19.5 Å². The zero-order valence-electron chi connectivity index (χ0n) is 18.7. The molecule has 1 rings (SSSR count). The van der Waals surface area contributed by atoms with Crippen molar-refractivity contribution in [3.8, 4) is 0 Å². The predicted octanol–water partition coefficient (Wildman–Crippen LogP) is 7.93. The van der Waals surface area contributed by atoms with Crippen molar-refractivity contribution in [2.24, 2.45) is 4.99 Å². The zero-order valence-corrected chi connectivity index (χ0v) is 18.7. The summed E-state index contributed by atoms with van der Waals surface area (Å²) in [5.74, 6) is 1.40. The lowest BCUT2D eigenvalue weighted by atomic mass is 10.1. The molecule has 0 N–H and O–H groups in total. The number of amidine groups is 1. The lowest BCUT2D eigenvalue weighted by Crippen LogP contribution is -2.28. The number of hydrogen-bond acceptors (Lipinski definition) is 2. The van der Waals surface area contributed by atoms with Crippen LogP contribution in [0.4, 0.5) is 0 Å². The van der Waals surface area contributed by atoms with Crippen LogP contribution in [0.1, 0.15) is 123 Å². The second-order valence-corrected chi connectivity index (χ2v) is 8.33. The van der Waals surface area contributed by atoms with E-state index >= 15 is 0 Å². The van der Waals surface area contributed by atoms with Crippen LogP contribution in [0.5, 0.6) is 0 Å². The quantitative estimate of drug-likeness (QED) is 0.165. The fourth-order valence-corrected chi connectivity index (χ4v) is 3.89. The third kappa shape index (κ3) is 13.9. The van der Waals surface area contributed by atoms with Gasteiger partial charge in [0.1, 0.15) is 0 Å². The largest absolute Gasteiger partial charge is 0.359 e. The second-order valence-electron chi connectivity index (χ2n) is 8.33. The summed E-state index contributed by atoms with van der Waals surface area (Å²) >= 11 is 0. The third-order valence-electron chi connectivity index (χ3n) is 5.72. The minimum absolute atomic E-state index is 1.03. The van der Waals surface area contributed by atoms with Crippen LogP contribution >= 0.6 is 0 Å². The van der Waals surface area contributed by atoms with Crippen molar-refractivity contribution in [3.63, 3.8) is 0 Å². The third-order valence-corrected chi connectivity index (χ3v) is 5.72. The molecule has 0 fully saturated rings. The maximum atomic E-state index is 4.71. The van der Waals surface area contributed by atoms with Crippen molar-refractivity contribution in [3.05, 3.63) is 12.2 Å². The molecule has 0 saturated heterocycles. The first-order valence-corrected chi connectivity index (χ1v) is 12.3. The molecule has 1 aliphatic heterocycles. The van der Waals surface area contributed by atoms with Crippen LogP contribution in [-0.4, -0.2) is 30.4 Å². The molecule has 0 spiro atoms. The summed E-state index contributed by atoms with van der Waals surface area (Å²) in [4.78, 5) is 7.24. The number of unbranched alkanes of at least 4 members (excludes halogenated alkanes) is 13. The Morgan fingerprint density at radius 3 is 1.89 bits per heavy atom. The first-order valence-electron chi connectivity index (χ1n) is 12.3. The van der Waals surface area contributed by atoms with E-state index in [-0.39, 0.29) is 0 Å². The molecule has 1 heterocycles. The zero-order chi connectivity index (χ0) is 19.4. The minimum atomic E-state index is 1.03. The van der Waals surface area contributed by atoms with E-state index in [1.54, 1.807) is 0 Å². The van der Waals surface area contributed by atoms with Gasteiger partial charge in [0.25, 0.3) is 0 Å². The van der Waals surface area contributed by atoms with E-state index in [9.17, 15) is 0 Å². The van der Waals surface area contributed by atoms with Gasteiger partial charge in [-0.15, -0.1) is 0 Å². The van der Waals surface area contributed by atoms with Crippen molar-refractivity contribution in [1.82, 2.24) is 4.90 Å². The van der Waals surface area contributed by atoms with Crippen molar-refractivity contribution in [2.45, 2.75) is 123 Å². The fourth-order valence-electron chi connectivity index (χ4n) is 3.89. The van der Waals surface area contributed by atoms with E-state index in [0.29, 0.717) is 0 Å². The molecule has 2 heteroatoms. The number of hydrogen-bond donors (Lipinski definition) is 0. The van der Waals surface area contributed by atoms with E-state index in [4.69, 9.17) is 4.99 Å². The Morgan fingerprint density at radius 2 is 1.26 bits per heavy atom. The second kappa shape index (κ2) is 18.6. The Labute approximate surface area is 170 Å². The topological polar surface area (TPSA) is 15.6 Å². The summed E-state index contributed by atoms with van der Waals surface area (Å²) in [6.45, 7) is 7.99. The Balaban J connectivity index is 1.82. The smallest absolute Gasteiger partial charge is 0.0990 e. The van der Waals surface area contributed by atoms with Gasteiger partial charge in [0.05, 0.1) is 12.4 Å². The molecule has 0 unspecified atom stereocenters. The monoisotopic (exact) mass is 376 g/mol. The van der Waals surface area contributed by atoms with E-state index in [1.807, 2.05) is 0 Å². The molecule has 0 amide bonds. The average Bonchev–Trinajstić information content (AvgIpc) is 3.13. The number of rotatable bonds is 19. The fraction of sp³-hybridized carbons (Fsp3) is 0.880. The first kappa shape index (κ1) is 24.2. The lowest BCUT2D eigenvalue weighted by Gasteiger charge is -2.19. The minimum Gasteiger partial charge on any atom is -0.359 e. The summed E-state index contributed by atoms with van der Waals surface area (Å²) in [5, 5.41) is 0. The molecule has 158 valence electrons. The molecule has 27 heavy (non-hydrogen) atoms. The highest BCUT2D eigenvalue weighted by molar-refractivity contribution is 5.83. The van der Waals surface area contributed by atoms with Gasteiger partial charge in [0.15, 0.2) is 0 Å². The molecule has 0 saturated carbocycles. The normalized spacial score (nSPS) is 14.4. The highest BCUT2D eigenvalue weighted by Crippen LogP contribution is 2.13. The summed E-state index contributed by atoms with van der Waals surface area (Å²) in [5.41, 5.74) is 0. The molecule has 0 aromatic carbocycles. The van der Waals surface area contributed by atoms with Crippen LogP contribution in [0.15, 0.2) is 17.1 Å². The van der Waals surface area contributed by atoms with Gasteiger partial charge >= 0.3 is 0 Å². The van der Waals surface area contributed by atoms with E-state index in [0.717, 1.165) is 6.54 Å². The van der Waals surface area contributed by atoms with E-state index in [2.05, 4.69) is 30.9 Å². The van der Waals surface area contributed by atoms with Crippen LogP contribution in [0.2, 0.25) is 0 Å². The molecule has 0 aromatic rings. The molecule has 0 aromatic heterocycles. The van der Waals surface area contributed by atoms with Gasteiger partial charge in [-0.05, 0) is 38.5 Å². The molecule has 0 atom stereocenters. The molecule has 1 aliphatic rings. The Bertz CT molecular complexity index is 373. The number of allylic oxidation sites excluding steroid dienone is 2. The molecule has 0 aliphatic carbocycles. The standard InChI is InChI=1S/C25H48N2/c1-3-5-7-8-9-10-11-12-13-14-15-16-17-18-19-20-21-25-26-22-24-27(25)23-6-4-2/h12-13H,3-11,14-24H2,1-2H3/b13-12-. The summed E-state index contributed by atoms with van der Waals surface area (Å²) in [7, 11) is 0. The highest BCUT2D eigenvalue weighted by atomic mass is 15.2. The number of nitrogens with zero attached hydrogens (tertiary/aromatic N) is 2. The number of aliphatic imine (C=N–C) groups is 1. The van der Waals surface area contributed by atoms with Crippen LogP contribution in [0.25, 0.3) is 0 Å². The van der Waals surface area contributed by atoms with Crippen LogP contribution < -0.4 is 0 Å². The van der Waals surface area contributed by atoms with Crippen molar-refractivity contribution >= 4 is 5.84 Å². The molecule has 0 bridgehead atoms. The van der Waals surface area contributed by atoms with Gasteiger partial charge in [-0.1, -0.05) is 90.2 Å². The molecule has 0 radical (unpaired) electrons. The van der Waals surface area contributed by atoms with Crippen LogP contribution in [-0.2, 0) is 0 Å². The summed E-state index contributed by atoms with van der Waals surface area (Å²) < 4.78 is 0. The maximum Gasteiger partial charge on any atom is 0.0990 e. The van der Waals surface area contributed by atoms with Gasteiger partial charge < -0.3 is 4.90 Å². The summed E-state index contributed by atoms with van der Waals surface area (Å²) in [6, 6.07) is 0. The first-order chi connectivity index (χ1) is 13.4. The van der Waals surface area contributed by atoms with Gasteiger partial charge in [-0.3, -0.25) is 4.99 Å². The lowest BCUT2D eigenvalue weighted by molar-refractivity contribution is 0.433. The van der Waals surface area contributed by atoms with Crippen LogP contribution in [0, 0.1) is 0 Å². The van der Waals surface area contributed by atoms with E-state index in [1.165, 1.54) is 128 Å². The molecular weight excluding hydrogens is 328 g/mol. The molecular formula is C25H48N2. The van der Waals surface area contributed by atoms with E-state index < -0.39 is 0 Å². The van der Waals surface area contributed by atoms with Gasteiger partial charge in [-0.25, -0.2) is 0 Å². The Morgan fingerprint density at radius 1 is 0.704 bits per heavy atom.